The van der Waals surface area contributed by atoms with Gasteiger partial charge < -0.3 is 20.3 Å². The fourth-order valence-electron chi connectivity index (χ4n) is 3.75. The largest absolute Gasteiger partial charge is 0.506 e. The Morgan fingerprint density at radius 2 is 1.85 bits per heavy atom. The van der Waals surface area contributed by atoms with E-state index in [2.05, 4.69) is 22.4 Å². The third-order valence-electron chi connectivity index (χ3n) is 5.36. The Hall–Kier alpha value is -3.90. The molecule has 3 N–H and O–H groups in total. The first-order chi connectivity index (χ1) is 16.2. The lowest BCUT2D eigenvalue weighted by Crippen LogP contribution is -2.24. The normalized spacial score (nSPS) is 10.8. The molecule has 0 saturated heterocycles. The molecule has 0 saturated carbocycles. The Balaban J connectivity index is 1.55. The second-order valence-corrected chi connectivity index (χ2v) is 7.70. The van der Waals surface area contributed by atoms with Crippen molar-refractivity contribution in [1.29, 1.82) is 0 Å². The first kappa shape index (κ1) is 22.3. The van der Waals surface area contributed by atoms with Gasteiger partial charge in [0.2, 0.25) is 0 Å². The number of carbonyl (C=O) groups is 1. The van der Waals surface area contributed by atoms with E-state index in [0.29, 0.717) is 34.5 Å². The van der Waals surface area contributed by atoms with Crippen molar-refractivity contribution >= 4 is 16.8 Å². The monoisotopic (exact) mass is 442 g/mol. The number of rotatable bonds is 9. The number of aliphatic hydroxyl groups excluding tert-OH is 1. The van der Waals surface area contributed by atoms with E-state index in [1.807, 2.05) is 30.3 Å². The summed E-state index contributed by atoms with van der Waals surface area (Å²) >= 11 is 0. The average molecular weight is 443 g/mol. The molecule has 33 heavy (non-hydrogen) atoms. The maximum absolute atomic E-state index is 12.8. The van der Waals surface area contributed by atoms with Crippen molar-refractivity contribution in [2.24, 2.45) is 0 Å². The van der Waals surface area contributed by atoms with Crippen LogP contribution >= 0.6 is 0 Å². The predicted molar refractivity (Wildman–Crippen MR) is 129 cm³/mol. The maximum Gasteiger partial charge on any atom is 0.251 e. The number of nitrogens with one attached hydrogen (secondary N) is 1. The average Bonchev–Trinajstić information content (AvgIpc) is 2.85. The van der Waals surface area contributed by atoms with Gasteiger partial charge in [-0.15, -0.1) is 0 Å². The number of carbonyl (C=O) groups excluding carboxylic acids is 1. The molecule has 6 heteroatoms. The van der Waals surface area contributed by atoms with E-state index in [-0.39, 0.29) is 24.9 Å². The number of aromatic hydroxyl groups is 1. The standard InChI is InChI=1S/C27H26N2O4/c30-14-15-33-25-11-10-21(27(32)29-13-4-8-19-6-2-1-3-7-19)17-23(25)22-16-20-9-5-12-28-26(20)24(31)18-22/h1-3,5-7,9-12,16-18,30-31H,4,8,13-15H2,(H,29,32). The summed E-state index contributed by atoms with van der Waals surface area (Å²) in [4.78, 5) is 17.0. The first-order valence-corrected chi connectivity index (χ1v) is 10.9. The Labute approximate surface area is 192 Å². The lowest BCUT2D eigenvalue weighted by atomic mass is 9.99. The van der Waals surface area contributed by atoms with Gasteiger partial charge in [-0.1, -0.05) is 36.4 Å². The molecule has 1 heterocycles. The lowest BCUT2D eigenvalue weighted by Gasteiger charge is -2.14. The van der Waals surface area contributed by atoms with Gasteiger partial charge in [0.25, 0.3) is 5.91 Å². The molecule has 1 aromatic heterocycles. The van der Waals surface area contributed by atoms with Crippen LogP contribution in [0.2, 0.25) is 0 Å². The minimum absolute atomic E-state index is 0.0481. The molecule has 0 spiro atoms. The Bertz CT molecular complexity index is 1240. The third-order valence-corrected chi connectivity index (χ3v) is 5.36. The maximum atomic E-state index is 12.8. The van der Waals surface area contributed by atoms with Gasteiger partial charge in [-0.2, -0.15) is 0 Å². The summed E-state index contributed by atoms with van der Waals surface area (Å²) in [5, 5.41) is 23.4. The number of phenolic OH excluding ortho intramolecular Hbond substituents is 1. The van der Waals surface area contributed by atoms with Gasteiger partial charge in [0.1, 0.15) is 23.6 Å². The number of fused-ring (bicyclic) bond motifs is 1. The molecule has 0 aliphatic rings. The smallest absolute Gasteiger partial charge is 0.251 e. The van der Waals surface area contributed by atoms with Gasteiger partial charge in [-0.3, -0.25) is 9.78 Å². The van der Waals surface area contributed by atoms with Crippen LogP contribution in [0.3, 0.4) is 0 Å². The number of hydrogen-bond acceptors (Lipinski definition) is 5. The van der Waals surface area contributed by atoms with Crippen LogP contribution < -0.4 is 10.1 Å². The van der Waals surface area contributed by atoms with Crippen molar-refractivity contribution in [3.05, 3.63) is 90.1 Å². The molecular weight excluding hydrogens is 416 g/mol. The van der Waals surface area contributed by atoms with Crippen molar-refractivity contribution < 1.29 is 19.7 Å². The van der Waals surface area contributed by atoms with Gasteiger partial charge in [-0.05, 0) is 60.4 Å². The molecule has 0 atom stereocenters. The van der Waals surface area contributed by atoms with Crippen LogP contribution in [-0.4, -0.2) is 40.9 Å². The fraction of sp³-hybridized carbons (Fsp3) is 0.185. The van der Waals surface area contributed by atoms with Crippen LogP contribution in [-0.2, 0) is 6.42 Å². The zero-order valence-electron chi connectivity index (χ0n) is 18.2. The molecule has 0 aliphatic carbocycles. The van der Waals surface area contributed by atoms with Crippen LogP contribution in [0.15, 0.2) is 79.0 Å². The summed E-state index contributed by atoms with van der Waals surface area (Å²) < 4.78 is 5.70. The number of aromatic nitrogens is 1. The Morgan fingerprint density at radius 1 is 1.00 bits per heavy atom. The molecular formula is C27H26N2O4. The number of phenols is 1. The van der Waals surface area contributed by atoms with E-state index in [1.54, 1.807) is 36.5 Å². The molecule has 0 radical (unpaired) electrons. The van der Waals surface area contributed by atoms with E-state index in [1.165, 1.54) is 5.56 Å². The minimum atomic E-state index is -0.176. The highest BCUT2D eigenvalue weighted by molar-refractivity contribution is 5.97. The number of aliphatic hydroxyl groups is 1. The summed E-state index contributed by atoms with van der Waals surface area (Å²) in [5.74, 6) is 0.393. The predicted octanol–water partition coefficient (Wildman–Crippen LogP) is 4.34. The summed E-state index contributed by atoms with van der Waals surface area (Å²) in [5.41, 5.74) is 3.59. The first-order valence-electron chi connectivity index (χ1n) is 10.9. The number of benzene rings is 3. The molecule has 0 aliphatic heterocycles. The van der Waals surface area contributed by atoms with Crippen molar-refractivity contribution in [3.63, 3.8) is 0 Å². The zero-order valence-corrected chi connectivity index (χ0v) is 18.2. The highest BCUT2D eigenvalue weighted by Gasteiger charge is 2.14. The molecule has 0 unspecified atom stereocenters. The topological polar surface area (TPSA) is 91.7 Å². The summed E-state index contributed by atoms with van der Waals surface area (Å²) in [6.45, 7) is 0.559. The molecule has 4 aromatic rings. The van der Waals surface area contributed by atoms with E-state index >= 15 is 0 Å². The number of nitrogens with zero attached hydrogens (tertiary/aromatic N) is 1. The number of ether oxygens (including phenoxy) is 1. The van der Waals surface area contributed by atoms with Crippen LogP contribution in [0.1, 0.15) is 22.3 Å². The van der Waals surface area contributed by atoms with Crippen molar-refractivity contribution in [3.8, 4) is 22.6 Å². The van der Waals surface area contributed by atoms with Crippen LogP contribution in [0.5, 0.6) is 11.5 Å². The SMILES string of the molecule is O=C(NCCCc1ccccc1)c1ccc(OCCO)c(-c2cc(O)c3ncccc3c2)c1. The quantitative estimate of drug-likeness (QED) is 0.336. The fourth-order valence-corrected chi connectivity index (χ4v) is 3.75. The number of aryl methyl sites for hydroxylation is 1. The minimum Gasteiger partial charge on any atom is -0.506 e. The second kappa shape index (κ2) is 10.6. The van der Waals surface area contributed by atoms with Gasteiger partial charge in [-0.25, -0.2) is 0 Å². The van der Waals surface area contributed by atoms with Crippen LogP contribution in [0.4, 0.5) is 0 Å². The van der Waals surface area contributed by atoms with Gasteiger partial charge >= 0.3 is 0 Å². The van der Waals surface area contributed by atoms with Crippen molar-refractivity contribution in [2.75, 3.05) is 19.8 Å². The number of pyridine rings is 1. The molecule has 1 amide bonds. The molecule has 6 nitrogen and oxygen atoms in total. The molecule has 0 bridgehead atoms. The summed E-state index contributed by atoms with van der Waals surface area (Å²) in [7, 11) is 0. The van der Waals surface area contributed by atoms with Crippen molar-refractivity contribution in [1.82, 2.24) is 10.3 Å². The second-order valence-electron chi connectivity index (χ2n) is 7.70. The van der Waals surface area contributed by atoms with E-state index in [4.69, 9.17) is 4.74 Å². The highest BCUT2D eigenvalue weighted by atomic mass is 16.5. The zero-order chi connectivity index (χ0) is 23.0. The van der Waals surface area contributed by atoms with E-state index in [0.717, 1.165) is 18.2 Å². The molecule has 3 aromatic carbocycles. The molecule has 0 fully saturated rings. The summed E-state index contributed by atoms with van der Waals surface area (Å²) in [6, 6.07) is 22.5. The molecule has 168 valence electrons. The van der Waals surface area contributed by atoms with Crippen LogP contribution in [0, 0.1) is 0 Å². The number of amides is 1. The lowest BCUT2D eigenvalue weighted by molar-refractivity contribution is 0.0953. The third kappa shape index (κ3) is 5.48. The number of hydrogen-bond donors (Lipinski definition) is 3. The van der Waals surface area contributed by atoms with Crippen molar-refractivity contribution in [2.45, 2.75) is 12.8 Å². The summed E-state index contributed by atoms with van der Waals surface area (Å²) in [6.07, 6.45) is 3.36. The van der Waals surface area contributed by atoms with Crippen LogP contribution in [0.25, 0.3) is 22.0 Å². The van der Waals surface area contributed by atoms with E-state index in [9.17, 15) is 15.0 Å². The highest BCUT2D eigenvalue weighted by Crippen LogP contribution is 2.36. The van der Waals surface area contributed by atoms with Gasteiger partial charge in [0.15, 0.2) is 0 Å². The van der Waals surface area contributed by atoms with Gasteiger partial charge in [0, 0.05) is 29.3 Å². The Morgan fingerprint density at radius 3 is 2.67 bits per heavy atom. The van der Waals surface area contributed by atoms with Gasteiger partial charge in [0.05, 0.1) is 6.61 Å². The van der Waals surface area contributed by atoms with E-state index < -0.39 is 0 Å². The Kier molecular flexibility index (Phi) is 7.17. The molecule has 4 rings (SSSR count).